The molecule has 0 aliphatic rings. The summed E-state index contributed by atoms with van der Waals surface area (Å²) in [5, 5.41) is 22.9. The third-order valence-corrected chi connectivity index (χ3v) is 6.05. The van der Waals surface area contributed by atoms with Gasteiger partial charge in [-0.3, -0.25) is 14.9 Å². The van der Waals surface area contributed by atoms with Crippen LogP contribution in [0.1, 0.15) is 11.1 Å². The number of carbonyl (C=O) groups is 1. The van der Waals surface area contributed by atoms with Gasteiger partial charge in [-0.05, 0) is 60.5 Å². The van der Waals surface area contributed by atoms with E-state index in [1.807, 2.05) is 0 Å². The van der Waals surface area contributed by atoms with E-state index in [1.54, 1.807) is 13.0 Å². The smallest absolute Gasteiger partial charge is 0.339 e. The fraction of sp³-hybridized carbons (Fsp3) is 0.0833. The van der Waals surface area contributed by atoms with Crippen LogP contribution in [-0.4, -0.2) is 26.4 Å². The minimum absolute atomic E-state index is 0.0353. The van der Waals surface area contributed by atoms with Gasteiger partial charge in [0.2, 0.25) is 0 Å². The lowest BCUT2D eigenvalue weighted by Crippen LogP contribution is -2.14. The minimum Gasteiger partial charge on any atom is -0.497 e. The SMILES string of the molecule is COc1ccc(S(=O)(=O)Oc2ccc(/C=C(\C#N)C(=O)Nc3cc([N+](=O)[O-])ccc3C)cc2)cc1. The first-order valence-corrected chi connectivity index (χ1v) is 11.4. The molecule has 0 aliphatic carbocycles. The van der Waals surface area contributed by atoms with Crippen molar-refractivity contribution >= 4 is 33.5 Å². The van der Waals surface area contributed by atoms with E-state index in [0.717, 1.165) is 0 Å². The van der Waals surface area contributed by atoms with Crippen LogP contribution in [0.3, 0.4) is 0 Å². The number of nitriles is 1. The number of hydrogen-bond acceptors (Lipinski definition) is 8. The number of methoxy groups -OCH3 is 1. The summed E-state index contributed by atoms with van der Waals surface area (Å²) in [5.74, 6) is -0.218. The molecule has 3 rings (SSSR count). The molecule has 0 saturated heterocycles. The zero-order chi connectivity index (χ0) is 25.6. The molecule has 0 aliphatic heterocycles. The highest BCUT2D eigenvalue weighted by atomic mass is 32.2. The molecule has 0 saturated carbocycles. The van der Waals surface area contributed by atoms with Gasteiger partial charge in [-0.2, -0.15) is 13.7 Å². The number of nitrogens with zero attached hydrogens (tertiary/aromatic N) is 2. The second-order valence-corrected chi connectivity index (χ2v) is 8.71. The predicted octanol–water partition coefficient (Wildman–Crippen LogP) is 4.23. The van der Waals surface area contributed by atoms with Crippen molar-refractivity contribution in [3.63, 3.8) is 0 Å². The minimum atomic E-state index is -4.08. The van der Waals surface area contributed by atoms with Gasteiger partial charge in [0.25, 0.3) is 11.6 Å². The van der Waals surface area contributed by atoms with Gasteiger partial charge in [0.1, 0.15) is 28.0 Å². The summed E-state index contributed by atoms with van der Waals surface area (Å²) in [6.45, 7) is 1.66. The van der Waals surface area contributed by atoms with Gasteiger partial charge in [-0.1, -0.05) is 18.2 Å². The average Bonchev–Trinajstić information content (AvgIpc) is 2.84. The zero-order valence-electron chi connectivity index (χ0n) is 18.6. The van der Waals surface area contributed by atoms with Crippen molar-refractivity contribution in [1.82, 2.24) is 0 Å². The Labute approximate surface area is 201 Å². The second-order valence-electron chi connectivity index (χ2n) is 7.16. The second kappa shape index (κ2) is 10.5. The fourth-order valence-corrected chi connectivity index (χ4v) is 3.83. The third-order valence-electron chi connectivity index (χ3n) is 4.79. The van der Waals surface area contributed by atoms with Gasteiger partial charge in [0, 0.05) is 12.1 Å². The summed E-state index contributed by atoms with van der Waals surface area (Å²) in [4.78, 5) is 22.9. The van der Waals surface area contributed by atoms with Gasteiger partial charge >= 0.3 is 10.1 Å². The number of non-ortho nitro benzene ring substituents is 1. The summed E-state index contributed by atoms with van der Waals surface area (Å²) >= 11 is 0. The van der Waals surface area contributed by atoms with Gasteiger partial charge in [0.05, 0.1) is 17.7 Å². The topological polar surface area (TPSA) is 149 Å². The first-order valence-electron chi connectivity index (χ1n) is 10.00. The molecule has 0 spiro atoms. The fourth-order valence-electron chi connectivity index (χ4n) is 2.90. The van der Waals surface area contributed by atoms with Gasteiger partial charge < -0.3 is 14.2 Å². The quantitative estimate of drug-likeness (QED) is 0.161. The van der Waals surface area contributed by atoms with Crippen LogP contribution in [0, 0.1) is 28.4 Å². The number of aryl methyl sites for hydroxylation is 1. The summed E-state index contributed by atoms with van der Waals surface area (Å²) in [5.41, 5.74) is 0.768. The summed E-state index contributed by atoms with van der Waals surface area (Å²) in [6, 6.07) is 17.2. The van der Waals surface area contributed by atoms with Crippen molar-refractivity contribution in [3.8, 4) is 17.6 Å². The molecule has 178 valence electrons. The number of hydrogen-bond donors (Lipinski definition) is 1. The predicted molar refractivity (Wildman–Crippen MR) is 127 cm³/mol. The lowest BCUT2D eigenvalue weighted by atomic mass is 10.1. The largest absolute Gasteiger partial charge is 0.497 e. The zero-order valence-corrected chi connectivity index (χ0v) is 19.4. The van der Waals surface area contributed by atoms with E-state index >= 15 is 0 Å². The molecule has 0 fully saturated rings. The van der Waals surface area contributed by atoms with Crippen LogP contribution >= 0.6 is 0 Å². The highest BCUT2D eigenvalue weighted by Crippen LogP contribution is 2.24. The van der Waals surface area contributed by atoms with Crippen LogP contribution in [0.4, 0.5) is 11.4 Å². The molecule has 0 unspecified atom stereocenters. The third kappa shape index (κ3) is 6.21. The molecule has 0 heterocycles. The molecule has 10 nitrogen and oxygen atoms in total. The summed E-state index contributed by atoms with van der Waals surface area (Å²) in [6.07, 6.45) is 1.30. The Kier molecular flexibility index (Phi) is 7.48. The number of nitro groups is 1. The van der Waals surface area contributed by atoms with Crippen molar-refractivity contribution in [2.75, 3.05) is 12.4 Å². The first kappa shape index (κ1) is 24.9. The number of carbonyl (C=O) groups excluding carboxylic acids is 1. The van der Waals surface area contributed by atoms with E-state index in [-0.39, 0.29) is 27.6 Å². The Morgan fingerprint density at radius 1 is 1.06 bits per heavy atom. The molecular formula is C24H19N3O7S. The lowest BCUT2D eigenvalue weighted by Gasteiger charge is -2.09. The maximum Gasteiger partial charge on any atom is 0.339 e. The number of benzene rings is 3. The molecule has 11 heteroatoms. The highest BCUT2D eigenvalue weighted by Gasteiger charge is 2.17. The van der Waals surface area contributed by atoms with Gasteiger partial charge in [-0.15, -0.1) is 0 Å². The average molecular weight is 493 g/mol. The molecule has 1 amide bonds. The van der Waals surface area contributed by atoms with Crippen LogP contribution in [0.2, 0.25) is 0 Å². The van der Waals surface area contributed by atoms with Crippen molar-refractivity contribution < 1.29 is 27.1 Å². The molecular weight excluding hydrogens is 474 g/mol. The van der Waals surface area contributed by atoms with Crippen LogP contribution in [0.5, 0.6) is 11.5 Å². The Bertz CT molecular complexity index is 1440. The van der Waals surface area contributed by atoms with Crippen LogP contribution in [-0.2, 0) is 14.9 Å². The standard InChI is InChI=1S/C24H19N3O7S/c1-16-3-6-19(27(29)30)14-23(16)26-24(28)18(15-25)13-17-4-7-21(8-5-17)34-35(31,32)22-11-9-20(33-2)10-12-22/h3-14H,1-2H3,(H,26,28)/b18-13+. The van der Waals surface area contributed by atoms with E-state index in [4.69, 9.17) is 8.92 Å². The number of rotatable bonds is 8. The van der Waals surface area contributed by atoms with Crippen LogP contribution < -0.4 is 14.2 Å². The van der Waals surface area contributed by atoms with Crippen LogP contribution in [0.25, 0.3) is 6.08 Å². The molecule has 3 aromatic rings. The van der Waals surface area contributed by atoms with Crippen molar-refractivity contribution in [3.05, 3.63) is 93.5 Å². The molecule has 0 bridgehead atoms. The Morgan fingerprint density at radius 3 is 2.26 bits per heavy atom. The Balaban J connectivity index is 1.75. The molecule has 0 aromatic heterocycles. The molecule has 3 aromatic carbocycles. The van der Waals surface area contributed by atoms with Gasteiger partial charge in [-0.25, -0.2) is 0 Å². The number of nitro benzene ring substituents is 1. The number of nitrogens with one attached hydrogen (secondary N) is 1. The van der Waals surface area contributed by atoms with Crippen molar-refractivity contribution in [1.29, 1.82) is 5.26 Å². The maximum absolute atomic E-state index is 12.6. The van der Waals surface area contributed by atoms with E-state index in [0.29, 0.717) is 16.9 Å². The normalized spacial score (nSPS) is 11.3. The molecule has 0 atom stereocenters. The number of ether oxygens (including phenoxy) is 1. The summed E-state index contributed by atoms with van der Waals surface area (Å²) < 4.78 is 35.0. The van der Waals surface area contributed by atoms with Crippen molar-refractivity contribution in [2.24, 2.45) is 0 Å². The van der Waals surface area contributed by atoms with Gasteiger partial charge in [0.15, 0.2) is 0 Å². The van der Waals surface area contributed by atoms with Crippen LogP contribution in [0.15, 0.2) is 77.2 Å². The number of anilines is 1. The monoisotopic (exact) mass is 493 g/mol. The number of amides is 1. The maximum atomic E-state index is 12.6. The molecule has 0 radical (unpaired) electrons. The van der Waals surface area contributed by atoms with E-state index in [1.165, 1.54) is 79.9 Å². The van der Waals surface area contributed by atoms with E-state index in [9.17, 15) is 28.6 Å². The van der Waals surface area contributed by atoms with E-state index < -0.39 is 20.9 Å². The van der Waals surface area contributed by atoms with Crippen molar-refractivity contribution in [2.45, 2.75) is 11.8 Å². The lowest BCUT2D eigenvalue weighted by molar-refractivity contribution is -0.384. The Hall–Kier alpha value is -4.69. The molecule has 35 heavy (non-hydrogen) atoms. The summed E-state index contributed by atoms with van der Waals surface area (Å²) in [7, 11) is -2.61. The Morgan fingerprint density at radius 2 is 1.69 bits per heavy atom. The van der Waals surface area contributed by atoms with E-state index in [2.05, 4.69) is 5.32 Å². The first-order chi connectivity index (χ1) is 16.6. The molecule has 1 N–H and O–H groups in total. The highest BCUT2D eigenvalue weighted by molar-refractivity contribution is 7.87.